The number of carbonyl (C=O) groups excluding carboxylic acids is 1. The third kappa shape index (κ3) is 5.13. The van der Waals surface area contributed by atoms with Crippen LogP contribution in [0.2, 0.25) is 0 Å². The second-order valence-corrected chi connectivity index (χ2v) is 7.28. The number of benzene rings is 2. The molecule has 0 heterocycles. The van der Waals surface area contributed by atoms with Gasteiger partial charge in [0.05, 0.1) is 5.41 Å². The number of hydrogen-bond acceptors (Lipinski definition) is 3. The predicted molar refractivity (Wildman–Crippen MR) is 94.9 cm³/mol. The summed E-state index contributed by atoms with van der Waals surface area (Å²) in [6.07, 6.45) is -0.0453. The Morgan fingerprint density at radius 2 is 1.67 bits per heavy atom. The van der Waals surface area contributed by atoms with Crippen molar-refractivity contribution in [3.05, 3.63) is 60.2 Å². The summed E-state index contributed by atoms with van der Waals surface area (Å²) >= 11 is 1.64. The molecule has 0 aliphatic heterocycles. The molecule has 2 rings (SSSR count). The average Bonchev–Trinajstić information content (AvgIpc) is 2.54. The highest BCUT2D eigenvalue weighted by Gasteiger charge is 2.30. The first-order chi connectivity index (χ1) is 11.4. The zero-order valence-corrected chi connectivity index (χ0v) is 14.6. The molecule has 0 aliphatic rings. The van der Waals surface area contributed by atoms with E-state index in [0.717, 1.165) is 15.4 Å². The van der Waals surface area contributed by atoms with Crippen LogP contribution in [0.1, 0.15) is 25.8 Å². The molecule has 0 spiro atoms. The fourth-order valence-electron chi connectivity index (χ4n) is 2.10. The molecule has 0 aliphatic carbocycles. The maximum Gasteiger partial charge on any atom is 0.309 e. The van der Waals surface area contributed by atoms with Gasteiger partial charge in [0, 0.05) is 22.8 Å². The molecular formula is C19H21NO3S. The molecule has 2 N–H and O–H groups in total. The van der Waals surface area contributed by atoms with Crippen molar-refractivity contribution in [3.63, 3.8) is 0 Å². The van der Waals surface area contributed by atoms with Gasteiger partial charge in [0.15, 0.2) is 0 Å². The van der Waals surface area contributed by atoms with E-state index in [9.17, 15) is 9.59 Å². The van der Waals surface area contributed by atoms with Crippen LogP contribution in [-0.4, -0.2) is 17.0 Å². The minimum atomic E-state index is -1.07. The largest absolute Gasteiger partial charge is 0.481 e. The van der Waals surface area contributed by atoms with Gasteiger partial charge in [-0.3, -0.25) is 9.59 Å². The molecule has 0 bridgehead atoms. The van der Waals surface area contributed by atoms with Crippen LogP contribution in [-0.2, 0) is 16.1 Å². The molecule has 0 radical (unpaired) electrons. The highest BCUT2D eigenvalue weighted by molar-refractivity contribution is 7.99. The molecule has 0 fully saturated rings. The Balaban J connectivity index is 2.00. The van der Waals surface area contributed by atoms with E-state index in [1.165, 1.54) is 0 Å². The van der Waals surface area contributed by atoms with Gasteiger partial charge in [0.2, 0.25) is 5.91 Å². The van der Waals surface area contributed by atoms with Crippen LogP contribution < -0.4 is 5.32 Å². The lowest BCUT2D eigenvalue weighted by Crippen LogP contribution is -2.33. The Morgan fingerprint density at radius 3 is 2.33 bits per heavy atom. The van der Waals surface area contributed by atoms with E-state index >= 15 is 0 Å². The van der Waals surface area contributed by atoms with Crippen LogP contribution in [0.15, 0.2) is 64.4 Å². The number of carbonyl (C=O) groups is 2. The summed E-state index contributed by atoms with van der Waals surface area (Å²) in [6, 6.07) is 17.9. The molecule has 0 unspecified atom stereocenters. The van der Waals surface area contributed by atoms with Crippen LogP contribution in [0, 0.1) is 5.41 Å². The van der Waals surface area contributed by atoms with Gasteiger partial charge < -0.3 is 10.4 Å². The number of hydrogen-bond donors (Lipinski definition) is 2. The zero-order valence-electron chi connectivity index (χ0n) is 13.8. The van der Waals surface area contributed by atoms with E-state index in [4.69, 9.17) is 5.11 Å². The molecule has 0 aromatic heterocycles. The number of carboxylic acid groups (broad SMARTS) is 1. The summed E-state index contributed by atoms with van der Waals surface area (Å²) in [7, 11) is 0. The number of amides is 1. The molecule has 0 atom stereocenters. The van der Waals surface area contributed by atoms with E-state index in [0.29, 0.717) is 6.54 Å². The van der Waals surface area contributed by atoms with Crippen molar-refractivity contribution >= 4 is 23.6 Å². The Labute approximate surface area is 146 Å². The van der Waals surface area contributed by atoms with Crippen LogP contribution in [0.4, 0.5) is 0 Å². The lowest BCUT2D eigenvalue weighted by Gasteiger charge is -2.18. The van der Waals surface area contributed by atoms with Crippen molar-refractivity contribution in [3.8, 4) is 0 Å². The summed E-state index contributed by atoms with van der Waals surface area (Å²) in [4.78, 5) is 25.3. The Kier molecular flexibility index (Phi) is 6.04. The van der Waals surface area contributed by atoms with Gasteiger partial charge in [-0.2, -0.15) is 0 Å². The Hall–Kier alpha value is -2.27. The standard InChI is InChI=1S/C19H21NO3S/c1-19(2,18(22)23)12-17(21)20-13-14-8-6-7-11-16(14)24-15-9-4-3-5-10-15/h3-11H,12-13H2,1-2H3,(H,20,21)(H,22,23). The smallest absolute Gasteiger partial charge is 0.309 e. The summed E-state index contributed by atoms with van der Waals surface area (Å²) in [5, 5.41) is 11.9. The maximum atomic E-state index is 12.0. The highest BCUT2D eigenvalue weighted by atomic mass is 32.2. The lowest BCUT2D eigenvalue weighted by atomic mass is 9.89. The van der Waals surface area contributed by atoms with Crippen LogP contribution in [0.3, 0.4) is 0 Å². The van der Waals surface area contributed by atoms with Crippen molar-refractivity contribution in [1.82, 2.24) is 5.32 Å². The van der Waals surface area contributed by atoms with Gasteiger partial charge >= 0.3 is 5.97 Å². The van der Waals surface area contributed by atoms with Crippen molar-refractivity contribution < 1.29 is 14.7 Å². The maximum absolute atomic E-state index is 12.0. The fraction of sp³-hybridized carbons (Fsp3) is 0.263. The normalized spacial score (nSPS) is 11.1. The highest BCUT2D eigenvalue weighted by Crippen LogP contribution is 2.30. The van der Waals surface area contributed by atoms with Gasteiger partial charge in [-0.15, -0.1) is 0 Å². The van der Waals surface area contributed by atoms with Gasteiger partial charge in [-0.1, -0.05) is 48.2 Å². The number of rotatable bonds is 7. The number of aliphatic carboxylic acids is 1. The van der Waals surface area contributed by atoms with Crippen LogP contribution in [0.5, 0.6) is 0 Å². The minimum absolute atomic E-state index is 0.0453. The number of carboxylic acids is 1. The first-order valence-corrected chi connectivity index (χ1v) is 8.51. The quantitative estimate of drug-likeness (QED) is 0.799. The molecule has 2 aromatic carbocycles. The van der Waals surface area contributed by atoms with Gasteiger partial charge in [0.25, 0.3) is 0 Å². The van der Waals surface area contributed by atoms with Crippen LogP contribution in [0.25, 0.3) is 0 Å². The van der Waals surface area contributed by atoms with Gasteiger partial charge in [-0.25, -0.2) is 0 Å². The van der Waals surface area contributed by atoms with E-state index in [1.54, 1.807) is 25.6 Å². The average molecular weight is 343 g/mol. The molecule has 5 heteroatoms. The summed E-state index contributed by atoms with van der Waals surface area (Å²) in [6.45, 7) is 3.48. The first-order valence-electron chi connectivity index (χ1n) is 7.69. The monoisotopic (exact) mass is 343 g/mol. The molecule has 0 saturated heterocycles. The van der Waals surface area contributed by atoms with E-state index in [2.05, 4.69) is 5.32 Å². The van der Waals surface area contributed by atoms with Crippen LogP contribution >= 0.6 is 11.8 Å². The third-order valence-electron chi connectivity index (χ3n) is 3.60. The van der Waals surface area contributed by atoms with Gasteiger partial charge in [-0.05, 0) is 37.6 Å². The molecule has 4 nitrogen and oxygen atoms in total. The first kappa shape index (κ1) is 18.1. The summed E-state index contributed by atoms with van der Waals surface area (Å²) < 4.78 is 0. The van der Waals surface area contributed by atoms with E-state index < -0.39 is 11.4 Å². The topological polar surface area (TPSA) is 66.4 Å². The zero-order chi connectivity index (χ0) is 17.6. The second kappa shape index (κ2) is 8.02. The third-order valence-corrected chi connectivity index (χ3v) is 4.73. The molecular weight excluding hydrogens is 322 g/mol. The number of nitrogens with one attached hydrogen (secondary N) is 1. The van der Waals surface area contributed by atoms with Crippen molar-refractivity contribution in [2.45, 2.75) is 36.6 Å². The SMILES string of the molecule is CC(C)(CC(=O)NCc1ccccc1Sc1ccccc1)C(=O)O. The van der Waals surface area contributed by atoms with Gasteiger partial charge in [0.1, 0.15) is 0 Å². The van der Waals surface area contributed by atoms with E-state index in [1.807, 2.05) is 54.6 Å². The summed E-state index contributed by atoms with van der Waals surface area (Å²) in [5.41, 5.74) is -0.0598. The predicted octanol–water partition coefficient (Wildman–Crippen LogP) is 3.95. The summed E-state index contributed by atoms with van der Waals surface area (Å²) in [5.74, 6) is -1.24. The minimum Gasteiger partial charge on any atom is -0.481 e. The molecule has 2 aromatic rings. The molecule has 24 heavy (non-hydrogen) atoms. The van der Waals surface area contributed by atoms with E-state index in [-0.39, 0.29) is 12.3 Å². The fourth-order valence-corrected chi connectivity index (χ4v) is 3.06. The molecule has 0 saturated carbocycles. The molecule has 1 amide bonds. The second-order valence-electron chi connectivity index (χ2n) is 6.17. The molecule has 126 valence electrons. The Bertz CT molecular complexity index is 714. The van der Waals surface area contributed by atoms with Crippen molar-refractivity contribution in [2.75, 3.05) is 0 Å². The lowest BCUT2D eigenvalue weighted by molar-refractivity contribution is -0.149. The Morgan fingerprint density at radius 1 is 1.04 bits per heavy atom. The van der Waals surface area contributed by atoms with Crippen molar-refractivity contribution in [2.24, 2.45) is 5.41 Å². The van der Waals surface area contributed by atoms with Crippen molar-refractivity contribution in [1.29, 1.82) is 0 Å².